The van der Waals surface area contributed by atoms with E-state index in [4.69, 9.17) is 0 Å². The zero-order chi connectivity index (χ0) is 16.5. The highest BCUT2D eigenvalue weighted by Crippen LogP contribution is 2.52. The van der Waals surface area contributed by atoms with Crippen LogP contribution in [0.15, 0.2) is 72.8 Å². The van der Waals surface area contributed by atoms with Gasteiger partial charge in [0, 0.05) is 11.8 Å². The lowest BCUT2D eigenvalue weighted by molar-refractivity contribution is -0.121. The highest BCUT2D eigenvalue weighted by molar-refractivity contribution is 5.98. The monoisotopic (exact) mass is 314 g/mol. The van der Waals surface area contributed by atoms with E-state index in [2.05, 4.69) is 72.8 Å². The predicted octanol–water partition coefficient (Wildman–Crippen LogP) is 5.40. The lowest BCUT2D eigenvalue weighted by Crippen LogP contribution is -2.20. The molecule has 0 spiro atoms. The Morgan fingerprint density at radius 3 is 2.04 bits per heavy atom. The smallest absolute Gasteiger partial charge is 0.133 e. The molecular formula is C23H22O. The molecule has 0 aliphatic heterocycles. The van der Waals surface area contributed by atoms with Crippen molar-refractivity contribution in [3.8, 4) is 0 Å². The Bertz CT molecular complexity index is 798. The van der Waals surface area contributed by atoms with E-state index in [1.807, 2.05) is 0 Å². The molecule has 1 heteroatoms. The number of Topliss-reactive ketones (excluding diaryl/α,β-unsaturated/α-hetero) is 1. The largest absolute Gasteiger partial charge is 0.300 e. The Morgan fingerprint density at radius 1 is 0.875 bits per heavy atom. The van der Waals surface area contributed by atoms with Crippen molar-refractivity contribution in [1.82, 2.24) is 0 Å². The number of fused-ring (bicyclic) bond motifs is 2. The first-order chi connectivity index (χ1) is 11.8. The molecule has 2 aliphatic carbocycles. The van der Waals surface area contributed by atoms with E-state index in [-0.39, 0.29) is 5.92 Å². The quantitative estimate of drug-likeness (QED) is 0.693. The Hall–Kier alpha value is -2.41. The number of hydrogen-bond acceptors (Lipinski definition) is 1. The summed E-state index contributed by atoms with van der Waals surface area (Å²) in [5.74, 6) is 1.15. The van der Waals surface area contributed by atoms with Crippen molar-refractivity contribution in [2.24, 2.45) is 17.8 Å². The summed E-state index contributed by atoms with van der Waals surface area (Å²) in [7, 11) is 0. The number of benzene rings is 2. The van der Waals surface area contributed by atoms with Crippen molar-refractivity contribution in [3.05, 3.63) is 83.9 Å². The van der Waals surface area contributed by atoms with Crippen LogP contribution in [0.4, 0.5) is 0 Å². The molecule has 120 valence electrons. The number of carbonyl (C=O) groups is 1. The maximum atomic E-state index is 12.3. The minimum Gasteiger partial charge on any atom is -0.300 e. The van der Waals surface area contributed by atoms with Crippen LogP contribution in [0.3, 0.4) is 0 Å². The van der Waals surface area contributed by atoms with Crippen LogP contribution >= 0.6 is 0 Å². The highest BCUT2D eigenvalue weighted by Gasteiger charge is 2.40. The number of ketones is 1. The van der Waals surface area contributed by atoms with E-state index in [1.54, 1.807) is 6.92 Å². The molecule has 0 radical (unpaired) electrons. The Labute approximate surface area is 143 Å². The minimum atomic E-state index is 0.0997. The molecule has 2 aromatic rings. The molecule has 0 heterocycles. The molecule has 2 bridgehead atoms. The van der Waals surface area contributed by atoms with Crippen molar-refractivity contribution in [2.75, 3.05) is 0 Å². The van der Waals surface area contributed by atoms with Gasteiger partial charge in [-0.05, 0) is 48.0 Å². The fourth-order valence-electron chi connectivity index (χ4n) is 4.43. The summed E-state index contributed by atoms with van der Waals surface area (Å²) in [5.41, 5.74) is 5.36. The molecule has 0 saturated heterocycles. The number of carbonyl (C=O) groups excluding carboxylic acids is 1. The lowest BCUT2D eigenvalue weighted by Gasteiger charge is -2.24. The molecule has 0 unspecified atom stereocenters. The van der Waals surface area contributed by atoms with E-state index in [0.717, 1.165) is 12.8 Å². The summed E-state index contributed by atoms with van der Waals surface area (Å²) in [6, 6.07) is 21.3. The second-order valence-corrected chi connectivity index (χ2v) is 6.89. The summed E-state index contributed by atoms with van der Waals surface area (Å²) in [6.07, 6.45) is 6.47. The first-order valence-corrected chi connectivity index (χ1v) is 8.77. The van der Waals surface area contributed by atoms with Crippen molar-refractivity contribution in [2.45, 2.75) is 19.8 Å². The topological polar surface area (TPSA) is 17.1 Å². The van der Waals surface area contributed by atoms with Gasteiger partial charge in [-0.3, -0.25) is 4.79 Å². The van der Waals surface area contributed by atoms with Crippen LogP contribution in [-0.4, -0.2) is 5.78 Å². The lowest BCUT2D eigenvalue weighted by atomic mass is 9.79. The molecule has 2 aliphatic rings. The van der Waals surface area contributed by atoms with Crippen LogP contribution < -0.4 is 0 Å². The van der Waals surface area contributed by atoms with E-state index >= 15 is 0 Å². The van der Waals surface area contributed by atoms with Crippen molar-refractivity contribution < 1.29 is 4.79 Å². The first kappa shape index (κ1) is 15.1. The average molecular weight is 314 g/mol. The second kappa shape index (κ2) is 6.24. The molecule has 0 aromatic heterocycles. The molecule has 1 nitrogen and oxygen atoms in total. The van der Waals surface area contributed by atoms with Gasteiger partial charge in [0.15, 0.2) is 0 Å². The van der Waals surface area contributed by atoms with Crippen LogP contribution in [0.1, 0.15) is 30.9 Å². The number of hydrogen-bond donors (Lipinski definition) is 0. The zero-order valence-corrected chi connectivity index (χ0v) is 14.0. The van der Waals surface area contributed by atoms with Gasteiger partial charge in [0.05, 0.1) is 0 Å². The molecule has 0 fully saturated rings. The van der Waals surface area contributed by atoms with Crippen LogP contribution in [0.25, 0.3) is 11.1 Å². The van der Waals surface area contributed by atoms with Crippen LogP contribution in [0.5, 0.6) is 0 Å². The maximum Gasteiger partial charge on any atom is 0.133 e. The third-order valence-corrected chi connectivity index (χ3v) is 5.48. The van der Waals surface area contributed by atoms with Gasteiger partial charge < -0.3 is 0 Å². The number of rotatable bonds is 3. The third-order valence-electron chi connectivity index (χ3n) is 5.48. The Balaban J connectivity index is 1.95. The molecule has 24 heavy (non-hydrogen) atoms. The van der Waals surface area contributed by atoms with E-state index in [9.17, 15) is 4.79 Å². The van der Waals surface area contributed by atoms with E-state index in [1.165, 1.54) is 22.3 Å². The molecular weight excluding hydrogens is 292 g/mol. The van der Waals surface area contributed by atoms with Gasteiger partial charge in [0.1, 0.15) is 5.78 Å². The minimum absolute atomic E-state index is 0.0997. The average Bonchev–Trinajstić information content (AvgIpc) is 2.83. The summed E-state index contributed by atoms with van der Waals surface area (Å²) < 4.78 is 0. The van der Waals surface area contributed by atoms with Gasteiger partial charge in [0.25, 0.3) is 0 Å². The molecule has 4 rings (SSSR count). The van der Waals surface area contributed by atoms with Gasteiger partial charge >= 0.3 is 0 Å². The molecule has 0 N–H and O–H groups in total. The molecule has 3 atom stereocenters. The normalized spacial score (nSPS) is 25.6. The fraction of sp³-hybridized carbons (Fsp3) is 0.261. The third kappa shape index (κ3) is 2.54. The Kier molecular flexibility index (Phi) is 3.93. The summed E-state index contributed by atoms with van der Waals surface area (Å²) in [5, 5.41) is 0. The van der Waals surface area contributed by atoms with E-state index < -0.39 is 0 Å². The van der Waals surface area contributed by atoms with Gasteiger partial charge in [-0.2, -0.15) is 0 Å². The van der Waals surface area contributed by atoms with Crippen LogP contribution in [0, 0.1) is 17.8 Å². The fourth-order valence-corrected chi connectivity index (χ4v) is 4.43. The highest BCUT2D eigenvalue weighted by atomic mass is 16.1. The van der Waals surface area contributed by atoms with Gasteiger partial charge in [-0.1, -0.05) is 72.8 Å². The van der Waals surface area contributed by atoms with Gasteiger partial charge in [0.2, 0.25) is 0 Å². The van der Waals surface area contributed by atoms with Crippen LogP contribution in [-0.2, 0) is 4.79 Å². The summed E-state index contributed by atoms with van der Waals surface area (Å²) in [4.78, 5) is 12.3. The summed E-state index contributed by atoms with van der Waals surface area (Å²) in [6.45, 7) is 1.75. The van der Waals surface area contributed by atoms with Crippen LogP contribution in [0.2, 0.25) is 0 Å². The predicted molar refractivity (Wildman–Crippen MR) is 99.2 cm³/mol. The van der Waals surface area contributed by atoms with Gasteiger partial charge in [-0.25, -0.2) is 0 Å². The van der Waals surface area contributed by atoms with Gasteiger partial charge in [-0.15, -0.1) is 0 Å². The standard InChI is InChI=1S/C23H22O/c1-16(24)20-14-8-13-19-15-21(20)23(18-11-6-3-7-12-18)22(19)17-9-4-2-5-10-17/h2-13,19-21H,14-15H2,1H3/t19-,20+,21-/m0/s1. The van der Waals surface area contributed by atoms with E-state index in [0.29, 0.717) is 17.6 Å². The summed E-state index contributed by atoms with van der Waals surface area (Å²) >= 11 is 0. The first-order valence-electron chi connectivity index (χ1n) is 8.77. The van der Waals surface area contributed by atoms with Crippen molar-refractivity contribution >= 4 is 16.9 Å². The Morgan fingerprint density at radius 2 is 1.46 bits per heavy atom. The van der Waals surface area contributed by atoms with Crippen molar-refractivity contribution in [1.29, 1.82) is 0 Å². The second-order valence-electron chi connectivity index (χ2n) is 6.89. The molecule has 2 aromatic carbocycles. The SMILES string of the molecule is CC(=O)[C@H]1CC=C[C@H]2C[C@@H]1C(c1ccccc1)=C2c1ccccc1. The number of allylic oxidation sites excluding steroid dienone is 4. The zero-order valence-electron chi connectivity index (χ0n) is 14.0. The molecule has 0 saturated carbocycles. The maximum absolute atomic E-state index is 12.3. The van der Waals surface area contributed by atoms with Crippen molar-refractivity contribution in [3.63, 3.8) is 0 Å². The molecule has 0 amide bonds.